The van der Waals surface area contributed by atoms with Crippen molar-refractivity contribution in [3.63, 3.8) is 0 Å². The number of aliphatic imine (C=N–C) groups is 1. The number of halogens is 1. The number of hydrogen-bond acceptors (Lipinski definition) is 3. The number of rotatable bonds is 7. The molecule has 0 saturated heterocycles. The van der Waals surface area contributed by atoms with Gasteiger partial charge < -0.3 is 20.3 Å². The molecule has 0 spiro atoms. The lowest BCUT2D eigenvalue weighted by atomic mass is 10.1. The summed E-state index contributed by atoms with van der Waals surface area (Å²) in [6.07, 6.45) is 5.34. The first kappa shape index (κ1) is 22.1. The normalized spacial score (nSPS) is 13.2. The van der Waals surface area contributed by atoms with Gasteiger partial charge in [-0.2, -0.15) is 0 Å². The van der Waals surface area contributed by atoms with E-state index in [-0.39, 0.29) is 24.0 Å². The predicted octanol–water partition coefficient (Wildman–Crippen LogP) is 3.60. The molecule has 2 aromatic carbocycles. The fourth-order valence-corrected chi connectivity index (χ4v) is 3.04. The van der Waals surface area contributed by atoms with Crippen LogP contribution in [0.3, 0.4) is 0 Å². The van der Waals surface area contributed by atoms with E-state index in [9.17, 15) is 0 Å². The van der Waals surface area contributed by atoms with Crippen LogP contribution >= 0.6 is 24.0 Å². The minimum absolute atomic E-state index is 0. The number of methoxy groups -OCH3 is 1. The third kappa shape index (κ3) is 6.44. The lowest BCUT2D eigenvalue weighted by molar-refractivity contribution is 0.414. The Balaban J connectivity index is 0.00000280. The molecule has 0 unspecified atom stereocenters. The molecule has 0 fully saturated rings. The van der Waals surface area contributed by atoms with E-state index in [1.807, 2.05) is 12.1 Å². The zero-order chi connectivity index (χ0) is 18.9. The molecule has 0 amide bonds. The first-order chi connectivity index (χ1) is 13.3. The summed E-state index contributed by atoms with van der Waals surface area (Å²) >= 11 is 0. The first-order valence-corrected chi connectivity index (χ1v) is 9.35. The van der Waals surface area contributed by atoms with Crippen molar-refractivity contribution in [2.75, 3.05) is 38.7 Å². The van der Waals surface area contributed by atoms with E-state index >= 15 is 0 Å². The minimum atomic E-state index is 0. The van der Waals surface area contributed by atoms with E-state index < -0.39 is 0 Å². The van der Waals surface area contributed by atoms with Gasteiger partial charge in [-0.3, -0.25) is 4.99 Å². The SMILES string of the molecule is CN=C(NCCc1ccc(OC)cc1)NCc1ccc(N2CC=CC2)cc1.I. The molecule has 150 valence electrons. The summed E-state index contributed by atoms with van der Waals surface area (Å²) in [4.78, 5) is 6.64. The third-order valence-corrected chi connectivity index (χ3v) is 4.67. The summed E-state index contributed by atoms with van der Waals surface area (Å²) in [5, 5.41) is 6.74. The van der Waals surface area contributed by atoms with Gasteiger partial charge in [-0.1, -0.05) is 36.4 Å². The molecule has 1 heterocycles. The second-order valence-corrected chi connectivity index (χ2v) is 6.49. The number of ether oxygens (including phenoxy) is 1. The van der Waals surface area contributed by atoms with Gasteiger partial charge >= 0.3 is 0 Å². The van der Waals surface area contributed by atoms with Gasteiger partial charge in [0.1, 0.15) is 5.75 Å². The molecule has 0 bridgehead atoms. The maximum absolute atomic E-state index is 5.19. The van der Waals surface area contributed by atoms with E-state index in [1.165, 1.54) is 16.8 Å². The van der Waals surface area contributed by atoms with Crippen LogP contribution in [-0.2, 0) is 13.0 Å². The molecular weight excluding hydrogens is 463 g/mol. The van der Waals surface area contributed by atoms with Crippen molar-refractivity contribution in [3.05, 3.63) is 71.8 Å². The molecule has 1 aliphatic rings. The predicted molar refractivity (Wildman–Crippen MR) is 128 cm³/mol. The van der Waals surface area contributed by atoms with Gasteiger partial charge in [0.2, 0.25) is 0 Å². The Morgan fingerprint density at radius 3 is 2.21 bits per heavy atom. The van der Waals surface area contributed by atoms with E-state index in [2.05, 4.69) is 69.1 Å². The minimum Gasteiger partial charge on any atom is -0.497 e. The largest absolute Gasteiger partial charge is 0.497 e. The molecule has 6 heteroatoms. The van der Waals surface area contributed by atoms with Crippen LogP contribution in [0.2, 0.25) is 0 Å². The Hall–Kier alpha value is -2.22. The van der Waals surface area contributed by atoms with E-state index in [4.69, 9.17) is 4.74 Å². The van der Waals surface area contributed by atoms with Crippen molar-refractivity contribution in [1.29, 1.82) is 0 Å². The standard InChI is InChI=1S/C22H28N4O.HI/c1-23-22(24-14-13-18-7-11-21(27-2)12-8-18)25-17-19-5-9-20(10-6-19)26-15-3-4-16-26;/h3-12H,13-17H2,1-2H3,(H2,23,24,25);1H. The molecule has 0 aromatic heterocycles. The zero-order valence-corrected chi connectivity index (χ0v) is 18.9. The van der Waals surface area contributed by atoms with Gasteiger partial charge in [0.05, 0.1) is 7.11 Å². The number of hydrogen-bond donors (Lipinski definition) is 2. The lowest BCUT2D eigenvalue weighted by Gasteiger charge is -2.18. The molecule has 2 aromatic rings. The summed E-state index contributed by atoms with van der Waals surface area (Å²) in [5.74, 6) is 1.70. The maximum Gasteiger partial charge on any atom is 0.191 e. The molecule has 0 aliphatic carbocycles. The summed E-state index contributed by atoms with van der Waals surface area (Å²) in [5.41, 5.74) is 3.78. The second-order valence-electron chi connectivity index (χ2n) is 6.49. The van der Waals surface area contributed by atoms with Crippen LogP contribution < -0.4 is 20.3 Å². The van der Waals surface area contributed by atoms with Crippen LogP contribution in [0.25, 0.3) is 0 Å². The summed E-state index contributed by atoms with van der Waals surface area (Å²) in [7, 11) is 3.48. The smallest absolute Gasteiger partial charge is 0.191 e. The first-order valence-electron chi connectivity index (χ1n) is 9.35. The molecule has 0 radical (unpaired) electrons. The molecule has 3 rings (SSSR count). The maximum atomic E-state index is 5.19. The molecule has 2 N–H and O–H groups in total. The highest BCUT2D eigenvalue weighted by atomic mass is 127. The average Bonchev–Trinajstić information content (AvgIpc) is 3.26. The van der Waals surface area contributed by atoms with Crippen LogP contribution in [0.4, 0.5) is 5.69 Å². The van der Waals surface area contributed by atoms with Crippen molar-refractivity contribution in [2.45, 2.75) is 13.0 Å². The molecule has 5 nitrogen and oxygen atoms in total. The Kier molecular flexibility index (Phi) is 9.13. The molecule has 0 saturated carbocycles. The molecule has 28 heavy (non-hydrogen) atoms. The van der Waals surface area contributed by atoms with Crippen molar-refractivity contribution in [2.24, 2.45) is 4.99 Å². The molecular formula is C22H29IN4O. The van der Waals surface area contributed by atoms with Crippen LogP contribution in [0.1, 0.15) is 11.1 Å². The second kappa shape index (κ2) is 11.6. The third-order valence-electron chi connectivity index (χ3n) is 4.67. The monoisotopic (exact) mass is 492 g/mol. The highest BCUT2D eigenvalue weighted by Gasteiger charge is 2.07. The summed E-state index contributed by atoms with van der Waals surface area (Å²) in [6, 6.07) is 16.9. The van der Waals surface area contributed by atoms with E-state index in [0.717, 1.165) is 44.3 Å². The van der Waals surface area contributed by atoms with Gasteiger partial charge in [0, 0.05) is 38.9 Å². The average molecular weight is 492 g/mol. The van der Waals surface area contributed by atoms with Gasteiger partial charge in [0.25, 0.3) is 0 Å². The molecule has 0 atom stereocenters. The quantitative estimate of drug-likeness (QED) is 0.269. The van der Waals surface area contributed by atoms with Crippen LogP contribution in [0.5, 0.6) is 5.75 Å². The summed E-state index contributed by atoms with van der Waals surface area (Å²) in [6.45, 7) is 3.58. The molecule has 1 aliphatic heterocycles. The summed E-state index contributed by atoms with van der Waals surface area (Å²) < 4.78 is 5.19. The van der Waals surface area contributed by atoms with Gasteiger partial charge in [-0.05, 0) is 41.8 Å². The number of nitrogens with zero attached hydrogens (tertiary/aromatic N) is 2. The number of anilines is 1. The highest BCUT2D eigenvalue weighted by Crippen LogP contribution is 2.17. The van der Waals surface area contributed by atoms with Gasteiger partial charge in [-0.15, -0.1) is 24.0 Å². The van der Waals surface area contributed by atoms with E-state index in [1.54, 1.807) is 14.2 Å². The van der Waals surface area contributed by atoms with Crippen LogP contribution in [0, 0.1) is 0 Å². The number of guanidine groups is 1. The van der Waals surface area contributed by atoms with E-state index in [0.29, 0.717) is 0 Å². The fraction of sp³-hybridized carbons (Fsp3) is 0.318. The van der Waals surface area contributed by atoms with Gasteiger partial charge in [0.15, 0.2) is 5.96 Å². The number of nitrogens with one attached hydrogen (secondary N) is 2. The van der Waals surface area contributed by atoms with Crippen molar-refractivity contribution < 1.29 is 4.74 Å². The lowest BCUT2D eigenvalue weighted by Crippen LogP contribution is -2.37. The Bertz CT molecular complexity index is 764. The topological polar surface area (TPSA) is 48.9 Å². The Labute approximate surface area is 184 Å². The van der Waals surface area contributed by atoms with Crippen molar-refractivity contribution >= 4 is 35.6 Å². The fourth-order valence-electron chi connectivity index (χ4n) is 3.04. The Morgan fingerprint density at radius 2 is 1.61 bits per heavy atom. The van der Waals surface area contributed by atoms with Gasteiger partial charge in [-0.25, -0.2) is 0 Å². The zero-order valence-electron chi connectivity index (χ0n) is 16.5. The number of benzene rings is 2. The Morgan fingerprint density at radius 1 is 0.964 bits per heavy atom. The van der Waals surface area contributed by atoms with Crippen molar-refractivity contribution in [3.8, 4) is 5.75 Å². The van der Waals surface area contributed by atoms with Crippen LogP contribution in [0.15, 0.2) is 65.7 Å². The van der Waals surface area contributed by atoms with Crippen LogP contribution in [-0.4, -0.2) is 39.8 Å². The highest BCUT2D eigenvalue weighted by molar-refractivity contribution is 14.0. The van der Waals surface area contributed by atoms with Crippen molar-refractivity contribution in [1.82, 2.24) is 10.6 Å².